The maximum absolute atomic E-state index is 6.11. The SMILES string of the molecule is Nc1c2ccccc2nc2ccccc12.Nc1ccc(/N=N/c2ccccc2)c(N)n1. The second-order valence-corrected chi connectivity index (χ2v) is 6.74. The maximum atomic E-state index is 6.11. The van der Waals surface area contributed by atoms with Gasteiger partial charge in [-0.2, -0.15) is 5.11 Å². The Hall–Kier alpha value is -4.52. The topological polar surface area (TPSA) is 129 Å². The van der Waals surface area contributed by atoms with Crippen LogP contribution in [0.4, 0.5) is 28.7 Å². The van der Waals surface area contributed by atoms with E-state index in [9.17, 15) is 0 Å². The molecule has 152 valence electrons. The maximum Gasteiger partial charge on any atom is 0.153 e. The van der Waals surface area contributed by atoms with E-state index < -0.39 is 0 Å². The largest absolute Gasteiger partial charge is 0.398 e. The van der Waals surface area contributed by atoms with Gasteiger partial charge in [0.05, 0.1) is 22.4 Å². The van der Waals surface area contributed by atoms with Gasteiger partial charge in [0.15, 0.2) is 5.82 Å². The number of nitrogens with two attached hydrogens (primary N) is 3. The summed E-state index contributed by atoms with van der Waals surface area (Å²) in [5.41, 5.74) is 21.2. The quantitative estimate of drug-likeness (QED) is 0.258. The van der Waals surface area contributed by atoms with Gasteiger partial charge >= 0.3 is 0 Å². The van der Waals surface area contributed by atoms with Crippen molar-refractivity contribution in [1.29, 1.82) is 0 Å². The van der Waals surface area contributed by atoms with Gasteiger partial charge in [-0.3, -0.25) is 0 Å². The number of benzene rings is 3. The molecule has 3 aromatic carbocycles. The Bertz CT molecular complexity index is 1310. The molecule has 2 aromatic heterocycles. The smallest absolute Gasteiger partial charge is 0.153 e. The molecule has 2 heterocycles. The van der Waals surface area contributed by atoms with Gasteiger partial charge in [0, 0.05) is 10.8 Å². The highest BCUT2D eigenvalue weighted by Gasteiger charge is 2.04. The number of fused-ring (bicyclic) bond motifs is 2. The fourth-order valence-electron chi connectivity index (χ4n) is 3.05. The second-order valence-electron chi connectivity index (χ2n) is 6.74. The first-order valence-electron chi connectivity index (χ1n) is 9.63. The molecular formula is C24H21N7. The first-order valence-corrected chi connectivity index (χ1v) is 9.63. The summed E-state index contributed by atoms with van der Waals surface area (Å²) in [6.45, 7) is 0. The van der Waals surface area contributed by atoms with Crippen molar-refractivity contribution in [3.8, 4) is 0 Å². The molecule has 0 saturated heterocycles. The van der Waals surface area contributed by atoms with Crippen LogP contribution in [0.1, 0.15) is 0 Å². The van der Waals surface area contributed by atoms with Gasteiger partial charge in [-0.25, -0.2) is 9.97 Å². The molecule has 0 aliphatic carbocycles. The number of nitrogen functional groups attached to an aromatic ring is 3. The molecule has 0 saturated carbocycles. The molecular weight excluding hydrogens is 386 g/mol. The van der Waals surface area contributed by atoms with E-state index in [2.05, 4.69) is 20.2 Å². The van der Waals surface area contributed by atoms with E-state index in [4.69, 9.17) is 17.2 Å². The monoisotopic (exact) mass is 407 g/mol. The lowest BCUT2D eigenvalue weighted by molar-refractivity contribution is 1.21. The van der Waals surface area contributed by atoms with Crippen LogP contribution in [0.5, 0.6) is 0 Å². The summed E-state index contributed by atoms with van der Waals surface area (Å²) in [5.74, 6) is 0.649. The van der Waals surface area contributed by atoms with Gasteiger partial charge in [0.2, 0.25) is 0 Å². The Labute approximate surface area is 179 Å². The van der Waals surface area contributed by atoms with Gasteiger partial charge in [-0.15, -0.1) is 5.11 Å². The number of anilines is 3. The summed E-state index contributed by atoms with van der Waals surface area (Å²) in [4.78, 5) is 8.45. The highest BCUT2D eigenvalue weighted by atomic mass is 15.1. The van der Waals surface area contributed by atoms with Crippen LogP contribution in [0.25, 0.3) is 21.8 Å². The third kappa shape index (κ3) is 4.56. The predicted octanol–water partition coefficient (Wildman–Crippen LogP) is 5.63. The number of hydrogen-bond donors (Lipinski definition) is 3. The van der Waals surface area contributed by atoms with Crippen LogP contribution in [0.15, 0.2) is 101 Å². The van der Waals surface area contributed by atoms with Crippen LogP contribution >= 0.6 is 0 Å². The predicted molar refractivity (Wildman–Crippen MR) is 127 cm³/mol. The average Bonchev–Trinajstić information content (AvgIpc) is 2.80. The molecule has 5 aromatic rings. The number of nitrogens with zero attached hydrogens (tertiary/aromatic N) is 4. The number of hydrogen-bond acceptors (Lipinski definition) is 7. The molecule has 0 aliphatic heterocycles. The van der Waals surface area contributed by atoms with Crippen molar-refractivity contribution in [2.75, 3.05) is 17.2 Å². The molecule has 0 amide bonds. The van der Waals surface area contributed by atoms with Crippen molar-refractivity contribution >= 4 is 50.5 Å². The molecule has 0 fully saturated rings. The molecule has 5 rings (SSSR count). The Balaban J connectivity index is 0.000000149. The van der Waals surface area contributed by atoms with Crippen LogP contribution in [-0.2, 0) is 0 Å². The normalized spacial score (nSPS) is 10.8. The Morgan fingerprint density at radius 1 is 0.548 bits per heavy atom. The molecule has 0 unspecified atom stereocenters. The van der Waals surface area contributed by atoms with Crippen molar-refractivity contribution < 1.29 is 0 Å². The summed E-state index contributed by atoms with van der Waals surface area (Å²) in [5, 5.41) is 10.1. The molecule has 31 heavy (non-hydrogen) atoms. The van der Waals surface area contributed by atoms with Gasteiger partial charge in [0.25, 0.3) is 0 Å². The lowest BCUT2D eigenvalue weighted by Crippen LogP contribution is -1.95. The Morgan fingerprint density at radius 2 is 1.13 bits per heavy atom. The molecule has 0 aliphatic rings. The fourth-order valence-corrected chi connectivity index (χ4v) is 3.05. The number of aromatic nitrogens is 2. The van der Waals surface area contributed by atoms with Crippen molar-refractivity contribution in [2.24, 2.45) is 10.2 Å². The highest BCUT2D eigenvalue weighted by Crippen LogP contribution is 2.27. The number of pyridine rings is 2. The van der Waals surface area contributed by atoms with E-state index in [1.54, 1.807) is 12.1 Å². The van der Waals surface area contributed by atoms with Crippen LogP contribution < -0.4 is 17.2 Å². The summed E-state index contributed by atoms with van der Waals surface area (Å²) in [6, 6.07) is 28.6. The molecule has 0 spiro atoms. The standard InChI is InChI=1S/C13H10N2.C11H11N5/c14-13-9-5-1-3-7-11(9)15-12-8-4-2-6-10(12)13;12-10-7-6-9(11(13)14-10)16-15-8-4-2-1-3-5-8/h1-8H,(H2,14,15);1-7H,(H4,12,13,14)/b;16-15+. The van der Waals surface area contributed by atoms with Crippen molar-refractivity contribution in [3.05, 3.63) is 91.0 Å². The lowest BCUT2D eigenvalue weighted by Gasteiger charge is -2.05. The highest BCUT2D eigenvalue weighted by molar-refractivity contribution is 6.06. The van der Waals surface area contributed by atoms with E-state index in [-0.39, 0.29) is 5.82 Å². The van der Waals surface area contributed by atoms with Crippen LogP contribution in [0.2, 0.25) is 0 Å². The third-order valence-corrected chi connectivity index (χ3v) is 4.58. The van der Waals surface area contributed by atoms with E-state index in [1.165, 1.54) is 0 Å². The van der Waals surface area contributed by atoms with Crippen LogP contribution in [0.3, 0.4) is 0 Å². The van der Waals surface area contributed by atoms with E-state index in [0.29, 0.717) is 11.5 Å². The first kappa shape index (κ1) is 19.8. The zero-order valence-electron chi connectivity index (χ0n) is 16.7. The van der Waals surface area contributed by atoms with Gasteiger partial charge in [-0.1, -0.05) is 54.6 Å². The third-order valence-electron chi connectivity index (χ3n) is 4.58. The van der Waals surface area contributed by atoms with Gasteiger partial charge in [0.1, 0.15) is 11.5 Å². The molecule has 7 nitrogen and oxygen atoms in total. The molecule has 0 radical (unpaired) electrons. The van der Waals surface area contributed by atoms with E-state index >= 15 is 0 Å². The zero-order chi connectivity index (χ0) is 21.6. The van der Waals surface area contributed by atoms with Crippen LogP contribution in [-0.4, -0.2) is 9.97 Å². The number of azo groups is 1. The Kier molecular flexibility index (Phi) is 5.66. The van der Waals surface area contributed by atoms with E-state index in [0.717, 1.165) is 33.2 Å². The van der Waals surface area contributed by atoms with Crippen molar-refractivity contribution in [2.45, 2.75) is 0 Å². The molecule has 0 bridgehead atoms. The minimum absolute atomic E-state index is 0.277. The fraction of sp³-hybridized carbons (Fsp3) is 0. The molecule has 7 heteroatoms. The van der Waals surface area contributed by atoms with Gasteiger partial charge in [-0.05, 0) is 36.4 Å². The summed E-state index contributed by atoms with van der Waals surface area (Å²) in [7, 11) is 0. The number of rotatable bonds is 2. The minimum Gasteiger partial charge on any atom is -0.398 e. The van der Waals surface area contributed by atoms with Crippen molar-refractivity contribution in [3.63, 3.8) is 0 Å². The molecule has 6 N–H and O–H groups in total. The van der Waals surface area contributed by atoms with E-state index in [1.807, 2.05) is 78.9 Å². The van der Waals surface area contributed by atoms with Gasteiger partial charge < -0.3 is 17.2 Å². The Morgan fingerprint density at radius 3 is 1.74 bits per heavy atom. The lowest BCUT2D eigenvalue weighted by atomic mass is 10.1. The number of para-hydroxylation sites is 2. The van der Waals surface area contributed by atoms with Crippen LogP contribution in [0, 0.1) is 0 Å². The first-order chi connectivity index (χ1) is 15.1. The van der Waals surface area contributed by atoms with Crippen molar-refractivity contribution in [1.82, 2.24) is 9.97 Å². The zero-order valence-corrected chi connectivity index (χ0v) is 16.7. The molecule has 0 atom stereocenters. The minimum atomic E-state index is 0.277. The average molecular weight is 407 g/mol. The summed E-state index contributed by atoms with van der Waals surface area (Å²) >= 11 is 0. The summed E-state index contributed by atoms with van der Waals surface area (Å²) in [6.07, 6.45) is 0. The summed E-state index contributed by atoms with van der Waals surface area (Å²) < 4.78 is 0. The second kappa shape index (κ2) is 8.87.